The Morgan fingerprint density at radius 3 is 2.41 bits per heavy atom. The van der Waals surface area contributed by atoms with E-state index in [1.807, 2.05) is 0 Å². The topological polar surface area (TPSA) is 20.3 Å². The first-order chi connectivity index (χ1) is 7.99. The monoisotopic (exact) mass is 259 g/mol. The van der Waals surface area contributed by atoms with Gasteiger partial charge in [-0.3, -0.25) is 4.79 Å². The van der Waals surface area contributed by atoms with Crippen LogP contribution in [0.25, 0.3) is 0 Å². The van der Waals surface area contributed by atoms with Crippen LogP contribution < -0.4 is 0 Å². The van der Waals surface area contributed by atoms with Crippen LogP contribution >= 0.6 is 11.6 Å². The summed E-state index contributed by atoms with van der Waals surface area (Å²) in [7, 11) is 0. The number of benzene rings is 1. The number of likely N-dealkylation sites (tertiary alicyclic amines) is 1. The summed E-state index contributed by atoms with van der Waals surface area (Å²) >= 11 is 5.90. The van der Waals surface area contributed by atoms with Gasteiger partial charge in [-0.1, -0.05) is 23.7 Å². The van der Waals surface area contributed by atoms with Gasteiger partial charge in [0, 0.05) is 25.9 Å². The fourth-order valence-corrected chi connectivity index (χ4v) is 2.06. The van der Waals surface area contributed by atoms with E-state index in [4.69, 9.17) is 11.6 Å². The summed E-state index contributed by atoms with van der Waals surface area (Å²) in [5.74, 6) is -2.91. The summed E-state index contributed by atoms with van der Waals surface area (Å²) in [4.78, 5) is 13.5. The molecule has 1 aliphatic rings. The van der Waals surface area contributed by atoms with Gasteiger partial charge in [0.1, 0.15) is 0 Å². The Hall–Kier alpha value is -1.16. The van der Waals surface area contributed by atoms with Crippen molar-refractivity contribution >= 4 is 17.5 Å². The normalized spacial score (nSPS) is 19.1. The van der Waals surface area contributed by atoms with Crippen molar-refractivity contribution in [2.45, 2.75) is 18.8 Å². The Balaban J connectivity index is 2.10. The lowest BCUT2D eigenvalue weighted by atomic mass is 10.1. The van der Waals surface area contributed by atoms with E-state index in [1.54, 1.807) is 24.3 Å². The molecule has 1 saturated heterocycles. The van der Waals surface area contributed by atoms with E-state index in [0.717, 1.165) is 0 Å². The van der Waals surface area contributed by atoms with Gasteiger partial charge in [0.15, 0.2) is 0 Å². The zero-order valence-corrected chi connectivity index (χ0v) is 9.88. The highest BCUT2D eigenvalue weighted by atomic mass is 35.5. The summed E-state index contributed by atoms with van der Waals surface area (Å²) in [6, 6.07) is 6.66. The van der Waals surface area contributed by atoms with Gasteiger partial charge in [0.05, 0.1) is 10.6 Å². The van der Waals surface area contributed by atoms with Gasteiger partial charge in [0.2, 0.25) is 0 Å². The van der Waals surface area contributed by atoms with Crippen LogP contribution in [0.5, 0.6) is 0 Å². The second kappa shape index (κ2) is 4.61. The van der Waals surface area contributed by atoms with Crippen LogP contribution in [0.15, 0.2) is 24.3 Å². The Bertz CT molecular complexity index is 426. The summed E-state index contributed by atoms with van der Waals surface area (Å²) in [5, 5.41) is 0.356. The molecule has 1 aliphatic heterocycles. The molecular weight excluding hydrogens is 248 g/mol. The predicted molar refractivity (Wildman–Crippen MR) is 61.5 cm³/mol. The van der Waals surface area contributed by atoms with Crippen molar-refractivity contribution in [2.24, 2.45) is 0 Å². The Morgan fingerprint density at radius 1 is 1.24 bits per heavy atom. The first-order valence-electron chi connectivity index (χ1n) is 5.41. The molecule has 0 spiro atoms. The summed E-state index contributed by atoms with van der Waals surface area (Å²) in [5.41, 5.74) is 0.374. The Kier molecular flexibility index (Phi) is 3.33. The lowest BCUT2D eigenvalue weighted by Gasteiger charge is -2.31. The van der Waals surface area contributed by atoms with Crippen LogP contribution in [-0.4, -0.2) is 29.8 Å². The maximum Gasteiger partial charge on any atom is 0.255 e. The number of rotatable bonds is 1. The van der Waals surface area contributed by atoms with Gasteiger partial charge in [-0.2, -0.15) is 0 Å². The molecule has 0 saturated carbocycles. The summed E-state index contributed by atoms with van der Waals surface area (Å²) < 4.78 is 25.9. The van der Waals surface area contributed by atoms with E-state index in [9.17, 15) is 13.6 Å². The Morgan fingerprint density at radius 2 is 1.82 bits per heavy atom. The van der Waals surface area contributed by atoms with Crippen molar-refractivity contribution in [1.29, 1.82) is 0 Å². The number of carbonyl (C=O) groups excluding carboxylic acids is 1. The lowest BCUT2D eigenvalue weighted by molar-refractivity contribution is -0.0494. The van der Waals surface area contributed by atoms with Gasteiger partial charge in [0.25, 0.3) is 11.8 Å². The maximum atomic E-state index is 13.0. The van der Waals surface area contributed by atoms with E-state index < -0.39 is 5.92 Å². The van der Waals surface area contributed by atoms with Crippen LogP contribution in [-0.2, 0) is 0 Å². The molecule has 5 heteroatoms. The number of piperidine rings is 1. The maximum absolute atomic E-state index is 13.0. The average Bonchev–Trinajstić information content (AvgIpc) is 2.29. The number of hydrogen-bond acceptors (Lipinski definition) is 1. The van der Waals surface area contributed by atoms with E-state index >= 15 is 0 Å². The van der Waals surface area contributed by atoms with Gasteiger partial charge in [-0.25, -0.2) is 8.78 Å². The molecular formula is C12H12ClF2NO. The molecule has 2 nitrogen and oxygen atoms in total. The molecule has 0 aromatic heterocycles. The third-order valence-corrected chi connectivity index (χ3v) is 3.22. The van der Waals surface area contributed by atoms with Gasteiger partial charge in [-0.05, 0) is 12.1 Å². The lowest BCUT2D eigenvalue weighted by Crippen LogP contribution is -2.42. The van der Waals surface area contributed by atoms with Crippen LogP contribution in [0.4, 0.5) is 8.78 Å². The molecule has 1 amide bonds. The van der Waals surface area contributed by atoms with Crippen LogP contribution in [0, 0.1) is 0 Å². The molecule has 1 aromatic carbocycles. The van der Waals surface area contributed by atoms with Crippen LogP contribution in [0.3, 0.4) is 0 Å². The molecule has 0 atom stereocenters. The van der Waals surface area contributed by atoms with E-state index in [1.165, 1.54) is 4.90 Å². The highest BCUT2D eigenvalue weighted by molar-refractivity contribution is 6.33. The third-order valence-electron chi connectivity index (χ3n) is 2.89. The predicted octanol–water partition coefficient (Wildman–Crippen LogP) is 3.21. The summed E-state index contributed by atoms with van der Waals surface area (Å²) in [6.07, 6.45) is -0.549. The molecule has 0 aliphatic carbocycles. The van der Waals surface area contributed by atoms with Crippen molar-refractivity contribution < 1.29 is 13.6 Å². The highest BCUT2D eigenvalue weighted by Crippen LogP contribution is 2.29. The minimum atomic E-state index is -2.64. The average molecular weight is 260 g/mol. The van der Waals surface area contributed by atoms with Crippen LogP contribution in [0.2, 0.25) is 5.02 Å². The summed E-state index contributed by atoms with van der Waals surface area (Å²) in [6.45, 7) is 0.161. The molecule has 1 aromatic rings. The molecule has 0 N–H and O–H groups in total. The Labute approximate surface area is 103 Å². The standard InChI is InChI=1S/C12H12ClF2NO/c13-10-4-2-1-3-9(10)11(17)16-7-5-12(14,15)6-8-16/h1-4H,5-8H2. The molecule has 17 heavy (non-hydrogen) atoms. The number of hydrogen-bond donors (Lipinski definition) is 0. The van der Waals surface area contributed by atoms with Gasteiger partial charge >= 0.3 is 0 Å². The van der Waals surface area contributed by atoms with Crippen molar-refractivity contribution in [2.75, 3.05) is 13.1 Å². The van der Waals surface area contributed by atoms with E-state index in [2.05, 4.69) is 0 Å². The number of halogens is 3. The number of alkyl halides is 2. The first kappa shape index (κ1) is 12.3. The SMILES string of the molecule is O=C(c1ccccc1Cl)N1CCC(F)(F)CC1. The van der Waals surface area contributed by atoms with Crippen molar-refractivity contribution in [3.8, 4) is 0 Å². The molecule has 92 valence electrons. The number of amides is 1. The van der Waals surface area contributed by atoms with Crippen LogP contribution in [0.1, 0.15) is 23.2 Å². The van der Waals surface area contributed by atoms with E-state index in [0.29, 0.717) is 10.6 Å². The minimum Gasteiger partial charge on any atom is -0.338 e. The van der Waals surface area contributed by atoms with Crippen molar-refractivity contribution in [3.05, 3.63) is 34.9 Å². The first-order valence-corrected chi connectivity index (χ1v) is 5.79. The van der Waals surface area contributed by atoms with E-state index in [-0.39, 0.29) is 31.8 Å². The molecule has 0 unspecified atom stereocenters. The minimum absolute atomic E-state index is 0.0804. The largest absolute Gasteiger partial charge is 0.338 e. The fourth-order valence-electron chi connectivity index (χ4n) is 1.84. The van der Waals surface area contributed by atoms with Crippen molar-refractivity contribution in [3.63, 3.8) is 0 Å². The molecule has 1 heterocycles. The molecule has 0 bridgehead atoms. The third kappa shape index (κ3) is 2.75. The quantitative estimate of drug-likeness (QED) is 0.758. The zero-order chi connectivity index (χ0) is 12.5. The second-order valence-corrected chi connectivity index (χ2v) is 4.54. The molecule has 1 fully saturated rings. The number of carbonyl (C=O) groups is 1. The number of nitrogens with zero attached hydrogens (tertiary/aromatic N) is 1. The van der Waals surface area contributed by atoms with Gasteiger partial charge in [-0.15, -0.1) is 0 Å². The fraction of sp³-hybridized carbons (Fsp3) is 0.417. The van der Waals surface area contributed by atoms with Crippen molar-refractivity contribution in [1.82, 2.24) is 4.90 Å². The zero-order valence-electron chi connectivity index (χ0n) is 9.13. The smallest absolute Gasteiger partial charge is 0.255 e. The van der Waals surface area contributed by atoms with Gasteiger partial charge < -0.3 is 4.90 Å². The highest BCUT2D eigenvalue weighted by Gasteiger charge is 2.35. The molecule has 2 rings (SSSR count). The second-order valence-electron chi connectivity index (χ2n) is 4.13. The molecule has 0 radical (unpaired) electrons.